The Balaban J connectivity index is 2.03. The van der Waals surface area contributed by atoms with Crippen molar-refractivity contribution in [3.63, 3.8) is 0 Å². The van der Waals surface area contributed by atoms with Gasteiger partial charge in [-0.2, -0.15) is 18.3 Å². The van der Waals surface area contributed by atoms with Gasteiger partial charge in [0, 0.05) is 17.3 Å². The Bertz CT molecular complexity index is 1310. The molecule has 1 aromatic heterocycles. The molecule has 2 aromatic carbocycles. The van der Waals surface area contributed by atoms with Gasteiger partial charge < -0.3 is 5.32 Å². The summed E-state index contributed by atoms with van der Waals surface area (Å²) in [7, 11) is -4.47. The first-order valence-electron chi connectivity index (χ1n) is 9.37. The first-order chi connectivity index (χ1) is 15.4. The van der Waals surface area contributed by atoms with Crippen LogP contribution in [0.4, 0.5) is 24.7 Å². The summed E-state index contributed by atoms with van der Waals surface area (Å²) in [5.74, 6) is -0.418. The summed E-state index contributed by atoms with van der Waals surface area (Å²) in [5, 5.41) is 8.84. The number of amides is 1. The van der Waals surface area contributed by atoms with Crippen LogP contribution in [0.25, 0.3) is 0 Å². The molecule has 0 saturated heterocycles. The molecule has 1 heterocycles. The van der Waals surface area contributed by atoms with Crippen molar-refractivity contribution in [3.8, 4) is 0 Å². The number of hydrogen-bond acceptors (Lipinski definition) is 4. The number of hydrogen-bond donors (Lipinski definition) is 2. The maximum absolute atomic E-state index is 13.4. The molecule has 0 radical (unpaired) electrons. The summed E-state index contributed by atoms with van der Waals surface area (Å²) < 4.78 is 67.0. The van der Waals surface area contributed by atoms with Crippen LogP contribution in [-0.4, -0.2) is 31.1 Å². The highest BCUT2D eigenvalue weighted by Gasteiger charge is 2.33. The average molecular weight is 499 g/mol. The van der Waals surface area contributed by atoms with Crippen molar-refractivity contribution in [1.29, 1.82) is 0 Å². The highest BCUT2D eigenvalue weighted by Crippen LogP contribution is 2.34. The van der Waals surface area contributed by atoms with Gasteiger partial charge in [0.2, 0.25) is 0 Å². The molecule has 7 nitrogen and oxygen atoms in total. The summed E-state index contributed by atoms with van der Waals surface area (Å²) in [4.78, 5) is 12.1. The third-order valence-electron chi connectivity index (χ3n) is 4.47. The molecule has 0 unspecified atom stereocenters. The van der Waals surface area contributed by atoms with Crippen molar-refractivity contribution >= 4 is 39.0 Å². The van der Waals surface area contributed by atoms with E-state index in [2.05, 4.69) is 22.1 Å². The van der Waals surface area contributed by atoms with E-state index in [1.807, 2.05) is 0 Å². The minimum absolute atomic E-state index is 0.0405. The van der Waals surface area contributed by atoms with E-state index in [0.717, 1.165) is 22.5 Å². The van der Waals surface area contributed by atoms with Gasteiger partial charge in [-0.1, -0.05) is 23.7 Å². The number of alkyl halides is 3. The Kier molecular flexibility index (Phi) is 6.84. The maximum atomic E-state index is 13.4. The summed E-state index contributed by atoms with van der Waals surface area (Å²) in [6.07, 6.45) is -3.44. The second-order valence-electron chi connectivity index (χ2n) is 6.91. The van der Waals surface area contributed by atoms with Gasteiger partial charge in [0.15, 0.2) is 5.82 Å². The highest BCUT2D eigenvalue weighted by molar-refractivity contribution is 7.93. The van der Waals surface area contributed by atoms with Crippen molar-refractivity contribution in [2.24, 2.45) is 0 Å². The molecule has 174 valence electrons. The number of H-pyrrole nitrogens is 1. The Hall–Kier alpha value is -3.31. The normalized spacial score (nSPS) is 11.8. The van der Waals surface area contributed by atoms with E-state index in [4.69, 9.17) is 11.6 Å². The zero-order valence-corrected chi connectivity index (χ0v) is 18.7. The number of rotatable bonds is 7. The van der Waals surface area contributed by atoms with Gasteiger partial charge in [-0.25, -0.2) is 8.42 Å². The molecule has 12 heteroatoms. The number of aromatic nitrogens is 2. The number of aryl methyl sites for hydroxylation is 1. The molecule has 0 saturated carbocycles. The lowest BCUT2D eigenvalue weighted by atomic mass is 10.2. The molecule has 3 aromatic rings. The molecule has 0 bridgehead atoms. The quantitative estimate of drug-likeness (QED) is 0.447. The van der Waals surface area contributed by atoms with Crippen LogP contribution in [0.15, 0.2) is 66.1 Å². The topological polar surface area (TPSA) is 95.2 Å². The predicted octanol–water partition coefficient (Wildman–Crippen LogP) is 5.02. The number of sulfonamides is 1. The van der Waals surface area contributed by atoms with Crippen molar-refractivity contribution in [3.05, 3.63) is 83.0 Å². The van der Waals surface area contributed by atoms with E-state index in [1.165, 1.54) is 24.3 Å². The van der Waals surface area contributed by atoms with E-state index in [9.17, 15) is 26.4 Å². The molecule has 1 amide bonds. The predicted molar refractivity (Wildman–Crippen MR) is 119 cm³/mol. The van der Waals surface area contributed by atoms with Gasteiger partial charge in [0.1, 0.15) is 4.90 Å². The maximum Gasteiger partial charge on any atom is 0.416 e. The van der Waals surface area contributed by atoms with Crippen molar-refractivity contribution in [2.45, 2.75) is 18.0 Å². The summed E-state index contributed by atoms with van der Waals surface area (Å²) in [6, 6.07) is 9.03. The van der Waals surface area contributed by atoms with Crippen LogP contribution in [0.1, 0.15) is 21.6 Å². The van der Waals surface area contributed by atoms with Gasteiger partial charge in [-0.15, -0.1) is 6.58 Å². The SMILES string of the molecule is C=CCN(c1cccc(C(F)(F)F)c1)S(=O)(=O)c1cc(C(=O)Nc2cc(C)[nH]n2)ccc1Cl. The van der Waals surface area contributed by atoms with Crippen molar-refractivity contribution in [2.75, 3.05) is 16.2 Å². The van der Waals surface area contributed by atoms with Crippen LogP contribution in [0.2, 0.25) is 5.02 Å². The first kappa shape index (κ1) is 24.3. The number of carbonyl (C=O) groups is 1. The molecule has 0 spiro atoms. The Morgan fingerprint density at radius 3 is 2.58 bits per heavy atom. The molecule has 0 atom stereocenters. The fraction of sp³-hybridized carbons (Fsp3) is 0.143. The van der Waals surface area contributed by atoms with Gasteiger partial charge >= 0.3 is 6.18 Å². The summed E-state index contributed by atoms with van der Waals surface area (Å²) in [5.41, 5.74) is -0.590. The highest BCUT2D eigenvalue weighted by atomic mass is 35.5. The number of nitrogens with one attached hydrogen (secondary N) is 2. The summed E-state index contributed by atoms with van der Waals surface area (Å²) in [6.45, 7) is 4.89. The second-order valence-corrected chi connectivity index (χ2v) is 9.15. The number of anilines is 2. The number of halogens is 4. The number of benzene rings is 2. The number of carbonyl (C=O) groups excluding carboxylic acids is 1. The molecule has 0 aliphatic rings. The molecular formula is C21H18ClF3N4O3S. The second kappa shape index (κ2) is 9.28. The molecule has 33 heavy (non-hydrogen) atoms. The molecule has 0 fully saturated rings. The Morgan fingerprint density at radius 2 is 1.97 bits per heavy atom. The van der Waals surface area contributed by atoms with Gasteiger partial charge in [-0.3, -0.25) is 14.2 Å². The molecular weight excluding hydrogens is 481 g/mol. The Labute approximate surface area is 192 Å². The fourth-order valence-corrected chi connectivity index (χ4v) is 4.86. The van der Waals surface area contributed by atoms with Crippen LogP contribution >= 0.6 is 11.6 Å². The minimum Gasteiger partial charge on any atom is -0.305 e. The Morgan fingerprint density at radius 1 is 1.24 bits per heavy atom. The lowest BCUT2D eigenvalue weighted by Gasteiger charge is -2.24. The lowest BCUT2D eigenvalue weighted by molar-refractivity contribution is -0.137. The smallest absolute Gasteiger partial charge is 0.305 e. The van der Waals surface area contributed by atoms with Crippen LogP contribution in [0.3, 0.4) is 0 Å². The van der Waals surface area contributed by atoms with Gasteiger partial charge in [-0.05, 0) is 43.3 Å². The molecule has 0 aliphatic heterocycles. The van der Waals surface area contributed by atoms with Gasteiger partial charge in [0.05, 0.1) is 22.8 Å². The first-order valence-corrected chi connectivity index (χ1v) is 11.2. The largest absolute Gasteiger partial charge is 0.416 e. The third-order valence-corrected chi connectivity index (χ3v) is 6.74. The van der Waals surface area contributed by atoms with E-state index < -0.39 is 32.6 Å². The minimum atomic E-state index is -4.67. The van der Waals surface area contributed by atoms with Crippen molar-refractivity contribution in [1.82, 2.24) is 10.2 Å². The van der Waals surface area contributed by atoms with Crippen LogP contribution in [0.5, 0.6) is 0 Å². The van der Waals surface area contributed by atoms with E-state index >= 15 is 0 Å². The fourth-order valence-electron chi connectivity index (χ4n) is 2.93. The standard InChI is InChI=1S/C21H18ClF3N4O3S/c1-3-9-29(16-6-4-5-15(12-16)21(23,24)25)33(31,32)18-11-14(7-8-17(18)22)20(30)26-19-10-13(2)27-28-19/h3-8,10-12H,1,9H2,2H3,(H2,26,27,28,30). The van der Waals surface area contributed by atoms with Crippen molar-refractivity contribution < 1.29 is 26.4 Å². The average Bonchev–Trinajstić information content (AvgIpc) is 3.16. The van der Waals surface area contributed by atoms with Crippen LogP contribution in [-0.2, 0) is 16.2 Å². The summed E-state index contributed by atoms with van der Waals surface area (Å²) >= 11 is 6.12. The molecule has 0 aliphatic carbocycles. The van der Waals surface area contributed by atoms with Crippen LogP contribution in [0, 0.1) is 6.92 Å². The van der Waals surface area contributed by atoms with Crippen LogP contribution < -0.4 is 9.62 Å². The zero-order valence-electron chi connectivity index (χ0n) is 17.1. The monoisotopic (exact) mass is 498 g/mol. The van der Waals surface area contributed by atoms with E-state index in [1.54, 1.807) is 13.0 Å². The lowest BCUT2D eigenvalue weighted by Crippen LogP contribution is -2.32. The van der Waals surface area contributed by atoms with E-state index in [0.29, 0.717) is 11.8 Å². The molecule has 3 rings (SSSR count). The zero-order chi connectivity index (χ0) is 24.4. The number of aromatic amines is 1. The number of nitrogens with zero attached hydrogens (tertiary/aromatic N) is 2. The molecule has 2 N–H and O–H groups in total. The third kappa shape index (κ3) is 5.37. The van der Waals surface area contributed by atoms with Gasteiger partial charge in [0.25, 0.3) is 15.9 Å². The van der Waals surface area contributed by atoms with E-state index in [-0.39, 0.29) is 28.6 Å².